The van der Waals surface area contributed by atoms with E-state index in [0.29, 0.717) is 0 Å². The third kappa shape index (κ3) is 2.40. The molecule has 2 rings (SSSR count). The number of nitrogens with zero attached hydrogens (tertiary/aromatic N) is 2. The van der Waals surface area contributed by atoms with Crippen molar-refractivity contribution in [3.8, 4) is 0 Å². The van der Waals surface area contributed by atoms with E-state index in [1.54, 1.807) is 13.8 Å². The Morgan fingerprint density at radius 3 is 2.71 bits per heavy atom. The van der Waals surface area contributed by atoms with Crippen molar-refractivity contribution in [2.24, 2.45) is 0 Å². The van der Waals surface area contributed by atoms with E-state index < -0.39 is 30.1 Å². The number of rotatable bonds is 2. The molecule has 1 saturated heterocycles. The lowest BCUT2D eigenvalue weighted by atomic mass is 9.88. The molecule has 0 unspecified atom stereocenters. The maximum absolute atomic E-state index is 9.94. The van der Waals surface area contributed by atoms with Crippen LogP contribution in [-0.2, 0) is 4.74 Å². The van der Waals surface area contributed by atoms with Crippen LogP contribution in [0.1, 0.15) is 13.8 Å². The number of ether oxygens (including phenoxy) is 1. The SMILES string of the molecule is CC1(C)O[C@H](O)[C@H](Nc2ncsn2)[C@@H](O)[C@H]1O. The monoisotopic (exact) mass is 261 g/mol. The molecule has 1 aromatic rings. The highest BCUT2D eigenvalue weighted by atomic mass is 32.1. The van der Waals surface area contributed by atoms with Crippen molar-refractivity contribution in [2.45, 2.75) is 44.0 Å². The number of nitrogens with one attached hydrogen (secondary N) is 1. The molecule has 0 aromatic carbocycles. The molecule has 1 aliphatic heterocycles. The second-order valence-corrected chi connectivity index (χ2v) is 5.08. The van der Waals surface area contributed by atoms with E-state index in [1.165, 1.54) is 5.51 Å². The van der Waals surface area contributed by atoms with Crippen molar-refractivity contribution in [1.29, 1.82) is 0 Å². The van der Waals surface area contributed by atoms with Crippen molar-refractivity contribution < 1.29 is 20.1 Å². The van der Waals surface area contributed by atoms with E-state index in [1.807, 2.05) is 0 Å². The summed E-state index contributed by atoms with van der Waals surface area (Å²) in [6.07, 6.45) is -3.52. The smallest absolute Gasteiger partial charge is 0.234 e. The summed E-state index contributed by atoms with van der Waals surface area (Å²) >= 11 is 1.14. The maximum Gasteiger partial charge on any atom is 0.234 e. The summed E-state index contributed by atoms with van der Waals surface area (Å²) in [6.45, 7) is 3.20. The minimum Gasteiger partial charge on any atom is -0.388 e. The van der Waals surface area contributed by atoms with Gasteiger partial charge in [-0.15, -0.1) is 0 Å². The summed E-state index contributed by atoms with van der Waals surface area (Å²) in [6, 6.07) is -0.868. The van der Waals surface area contributed by atoms with Gasteiger partial charge in [-0.05, 0) is 25.4 Å². The zero-order valence-corrected chi connectivity index (χ0v) is 10.3. The average molecular weight is 261 g/mol. The summed E-state index contributed by atoms with van der Waals surface area (Å²) < 4.78 is 9.15. The van der Waals surface area contributed by atoms with Gasteiger partial charge in [-0.3, -0.25) is 0 Å². The molecule has 0 saturated carbocycles. The van der Waals surface area contributed by atoms with E-state index in [-0.39, 0.29) is 5.95 Å². The van der Waals surface area contributed by atoms with Crippen molar-refractivity contribution in [3.05, 3.63) is 5.51 Å². The van der Waals surface area contributed by atoms with E-state index in [0.717, 1.165) is 11.5 Å². The summed E-state index contributed by atoms with van der Waals surface area (Å²) in [4.78, 5) is 3.88. The highest BCUT2D eigenvalue weighted by Gasteiger charge is 2.48. The minimum atomic E-state index is -1.24. The predicted octanol–water partition coefficient (Wildman–Crippen LogP) is -0.832. The third-order valence-electron chi connectivity index (χ3n) is 2.79. The van der Waals surface area contributed by atoms with Crippen molar-refractivity contribution in [3.63, 3.8) is 0 Å². The molecule has 1 aromatic heterocycles. The molecule has 7 nitrogen and oxygen atoms in total. The number of hydrogen-bond acceptors (Lipinski definition) is 8. The normalized spacial score (nSPS) is 36.8. The lowest BCUT2D eigenvalue weighted by molar-refractivity contribution is -0.273. The molecule has 1 fully saturated rings. The Bertz CT molecular complexity index is 372. The Morgan fingerprint density at radius 2 is 2.12 bits per heavy atom. The summed E-state index contributed by atoms with van der Waals surface area (Å²) in [5, 5.41) is 32.3. The Hall–Kier alpha value is -0.800. The average Bonchev–Trinajstić information content (AvgIpc) is 2.74. The van der Waals surface area contributed by atoms with Crippen LogP contribution in [0.4, 0.5) is 5.95 Å². The van der Waals surface area contributed by atoms with Crippen LogP contribution in [0, 0.1) is 0 Å². The first-order valence-corrected chi connectivity index (χ1v) is 6.00. The van der Waals surface area contributed by atoms with Gasteiger partial charge in [0, 0.05) is 0 Å². The zero-order valence-electron chi connectivity index (χ0n) is 9.44. The van der Waals surface area contributed by atoms with Crippen LogP contribution in [0.5, 0.6) is 0 Å². The van der Waals surface area contributed by atoms with Crippen LogP contribution in [0.3, 0.4) is 0 Å². The first-order valence-electron chi connectivity index (χ1n) is 5.17. The molecule has 17 heavy (non-hydrogen) atoms. The Labute approximate surface area is 102 Å². The Morgan fingerprint density at radius 1 is 1.41 bits per heavy atom. The molecular formula is C9H15N3O4S. The molecule has 96 valence electrons. The standard InChI is InChI=1S/C9H15N3O4S/c1-9(2)6(14)5(13)4(7(15)16-9)11-8-10-3-17-12-8/h3-7,13-15H,1-2H3,(H,11,12)/t4-,5-,6-,7+/m1/s1. The molecule has 2 heterocycles. The lowest BCUT2D eigenvalue weighted by Gasteiger charge is -2.45. The molecule has 0 aliphatic carbocycles. The maximum atomic E-state index is 9.94. The topological polar surface area (TPSA) is 108 Å². The van der Waals surface area contributed by atoms with Gasteiger partial charge < -0.3 is 25.4 Å². The van der Waals surface area contributed by atoms with Crippen LogP contribution in [-0.4, -0.2) is 54.8 Å². The van der Waals surface area contributed by atoms with Gasteiger partial charge in [-0.2, -0.15) is 4.37 Å². The van der Waals surface area contributed by atoms with Crippen molar-refractivity contribution >= 4 is 17.5 Å². The molecule has 8 heteroatoms. The number of aromatic nitrogens is 2. The molecular weight excluding hydrogens is 246 g/mol. The van der Waals surface area contributed by atoms with Gasteiger partial charge in [-0.25, -0.2) is 4.98 Å². The second kappa shape index (κ2) is 4.46. The van der Waals surface area contributed by atoms with Gasteiger partial charge in [0.1, 0.15) is 23.8 Å². The Kier molecular flexibility index (Phi) is 3.32. The zero-order chi connectivity index (χ0) is 12.6. The molecule has 0 radical (unpaired) electrons. The fraction of sp³-hybridized carbons (Fsp3) is 0.778. The van der Waals surface area contributed by atoms with Crippen LogP contribution in [0.15, 0.2) is 5.51 Å². The highest BCUT2D eigenvalue weighted by molar-refractivity contribution is 7.03. The van der Waals surface area contributed by atoms with Gasteiger partial charge in [0.2, 0.25) is 5.95 Å². The number of aliphatic hydroxyl groups excluding tert-OH is 3. The van der Waals surface area contributed by atoms with Gasteiger partial charge in [0.25, 0.3) is 0 Å². The summed E-state index contributed by atoms with van der Waals surface area (Å²) in [5.41, 5.74) is 0.512. The van der Waals surface area contributed by atoms with E-state index in [2.05, 4.69) is 14.7 Å². The number of hydrogen-bond donors (Lipinski definition) is 4. The molecule has 4 N–H and O–H groups in total. The van der Waals surface area contributed by atoms with Crippen LogP contribution < -0.4 is 5.32 Å². The molecule has 0 bridgehead atoms. The van der Waals surface area contributed by atoms with Crippen LogP contribution in [0.2, 0.25) is 0 Å². The third-order valence-corrected chi connectivity index (χ3v) is 3.27. The van der Waals surface area contributed by atoms with E-state index >= 15 is 0 Å². The van der Waals surface area contributed by atoms with E-state index in [9.17, 15) is 15.3 Å². The second-order valence-electron chi connectivity index (χ2n) is 4.47. The lowest BCUT2D eigenvalue weighted by Crippen LogP contribution is -2.64. The number of aliphatic hydroxyl groups is 3. The summed E-state index contributed by atoms with van der Waals surface area (Å²) in [7, 11) is 0. The highest BCUT2D eigenvalue weighted by Crippen LogP contribution is 2.29. The number of anilines is 1. The first-order chi connectivity index (χ1) is 7.92. The minimum absolute atomic E-state index is 0.286. The van der Waals surface area contributed by atoms with Gasteiger partial charge >= 0.3 is 0 Å². The van der Waals surface area contributed by atoms with Crippen molar-refractivity contribution in [1.82, 2.24) is 9.36 Å². The van der Waals surface area contributed by atoms with Gasteiger partial charge in [0.15, 0.2) is 6.29 Å². The van der Waals surface area contributed by atoms with E-state index in [4.69, 9.17) is 4.74 Å². The van der Waals surface area contributed by atoms with Crippen molar-refractivity contribution in [2.75, 3.05) is 5.32 Å². The largest absolute Gasteiger partial charge is 0.388 e. The molecule has 0 amide bonds. The fourth-order valence-corrected chi connectivity index (χ4v) is 2.16. The van der Waals surface area contributed by atoms with Gasteiger partial charge in [-0.1, -0.05) is 0 Å². The first kappa shape index (κ1) is 12.7. The predicted molar refractivity (Wildman–Crippen MR) is 60.5 cm³/mol. The quantitative estimate of drug-likeness (QED) is 0.550. The molecule has 1 aliphatic rings. The van der Waals surface area contributed by atoms with Crippen LogP contribution in [0.25, 0.3) is 0 Å². The molecule has 0 spiro atoms. The fourth-order valence-electron chi connectivity index (χ4n) is 1.77. The Balaban J connectivity index is 2.12. The van der Waals surface area contributed by atoms with Crippen LogP contribution >= 0.6 is 11.5 Å². The summed E-state index contributed by atoms with van der Waals surface area (Å²) in [5.74, 6) is 0.286. The van der Waals surface area contributed by atoms with Gasteiger partial charge in [0.05, 0.1) is 5.60 Å². The molecule has 4 atom stereocenters.